The Kier molecular flexibility index (Phi) is 3.78. The van der Waals surface area contributed by atoms with Crippen LogP contribution in [0, 0.1) is 0 Å². The summed E-state index contributed by atoms with van der Waals surface area (Å²) in [6.45, 7) is 5.71. The van der Waals surface area contributed by atoms with Gasteiger partial charge in [0.15, 0.2) is 0 Å². The number of rotatable bonds is 4. The summed E-state index contributed by atoms with van der Waals surface area (Å²) in [7, 11) is 0. The highest BCUT2D eigenvalue weighted by atomic mass is 16.5. The number of carbonyl (C=O) groups excluding carboxylic acids is 1. The second kappa shape index (κ2) is 5.31. The molecule has 0 aliphatic carbocycles. The van der Waals surface area contributed by atoms with E-state index in [1.165, 1.54) is 0 Å². The van der Waals surface area contributed by atoms with Gasteiger partial charge in [-0.05, 0) is 26.7 Å². The number of ether oxygens (including phenoxy) is 1. The lowest BCUT2D eigenvalue weighted by Gasteiger charge is -2.20. The quantitative estimate of drug-likeness (QED) is 0.814. The monoisotopic (exact) mass is 237 g/mol. The van der Waals surface area contributed by atoms with Crippen molar-refractivity contribution in [1.29, 1.82) is 0 Å². The van der Waals surface area contributed by atoms with Gasteiger partial charge < -0.3 is 10.1 Å². The van der Waals surface area contributed by atoms with Crippen molar-refractivity contribution in [2.24, 2.45) is 0 Å². The second-order valence-corrected chi connectivity index (χ2v) is 4.64. The van der Waals surface area contributed by atoms with Crippen molar-refractivity contribution < 1.29 is 9.53 Å². The lowest BCUT2D eigenvalue weighted by Crippen LogP contribution is -2.15. The minimum absolute atomic E-state index is 0.242. The number of nitrogens with one attached hydrogen (secondary N) is 1. The molecule has 1 aliphatic rings. The summed E-state index contributed by atoms with van der Waals surface area (Å²) in [4.78, 5) is 10.6. The van der Waals surface area contributed by atoms with Crippen molar-refractivity contribution in [3.05, 3.63) is 11.8 Å². The summed E-state index contributed by atoms with van der Waals surface area (Å²) in [5, 5.41) is 7.30. The third-order valence-corrected chi connectivity index (χ3v) is 3.09. The summed E-state index contributed by atoms with van der Waals surface area (Å²) >= 11 is 0. The van der Waals surface area contributed by atoms with Gasteiger partial charge in [-0.1, -0.05) is 0 Å². The number of aromatic nitrogens is 2. The van der Waals surface area contributed by atoms with E-state index in [4.69, 9.17) is 4.74 Å². The Bertz CT molecular complexity index is 381. The number of amides is 1. The Balaban J connectivity index is 2.22. The topological polar surface area (TPSA) is 56.1 Å². The molecule has 5 nitrogen and oxygen atoms in total. The molecular formula is C12H19N3O2. The highest BCUT2D eigenvalue weighted by Crippen LogP contribution is 2.28. The van der Waals surface area contributed by atoms with E-state index >= 15 is 0 Å². The molecule has 0 atom stereocenters. The molecule has 1 fully saturated rings. The van der Waals surface area contributed by atoms with Crippen LogP contribution in [0.3, 0.4) is 0 Å². The summed E-state index contributed by atoms with van der Waals surface area (Å²) < 4.78 is 7.21. The maximum Gasteiger partial charge on any atom is 0.212 e. The van der Waals surface area contributed by atoms with Crippen LogP contribution in [0.1, 0.15) is 44.3 Å². The minimum atomic E-state index is 0.242. The molecule has 1 aliphatic heterocycles. The Morgan fingerprint density at radius 2 is 2.24 bits per heavy atom. The first-order valence-electron chi connectivity index (χ1n) is 6.09. The van der Waals surface area contributed by atoms with Gasteiger partial charge in [0.2, 0.25) is 6.41 Å². The van der Waals surface area contributed by atoms with Crippen molar-refractivity contribution in [1.82, 2.24) is 9.78 Å². The molecule has 0 saturated carbocycles. The Labute approximate surface area is 101 Å². The van der Waals surface area contributed by atoms with E-state index in [0.29, 0.717) is 12.3 Å². The largest absolute Gasteiger partial charge is 0.381 e. The van der Waals surface area contributed by atoms with Gasteiger partial charge in [-0.2, -0.15) is 5.10 Å². The summed E-state index contributed by atoms with van der Waals surface area (Å²) in [6, 6.07) is 2.22. The van der Waals surface area contributed by atoms with Crippen molar-refractivity contribution in [3.8, 4) is 0 Å². The average molecular weight is 237 g/mol. The maximum absolute atomic E-state index is 10.6. The van der Waals surface area contributed by atoms with E-state index in [1.54, 1.807) is 0 Å². The van der Waals surface area contributed by atoms with Gasteiger partial charge in [-0.3, -0.25) is 4.79 Å². The molecule has 1 aromatic rings. The molecule has 1 saturated heterocycles. The van der Waals surface area contributed by atoms with Crippen LogP contribution in [0.25, 0.3) is 0 Å². The zero-order valence-corrected chi connectivity index (χ0v) is 10.3. The summed E-state index contributed by atoms with van der Waals surface area (Å²) in [6.07, 6.45) is 2.72. The van der Waals surface area contributed by atoms with Crippen LogP contribution in [0.5, 0.6) is 0 Å². The van der Waals surface area contributed by atoms with Gasteiger partial charge in [0, 0.05) is 31.2 Å². The van der Waals surface area contributed by atoms with Crippen LogP contribution in [0.15, 0.2) is 6.07 Å². The van der Waals surface area contributed by atoms with E-state index in [9.17, 15) is 4.79 Å². The molecule has 17 heavy (non-hydrogen) atoms. The van der Waals surface area contributed by atoms with Crippen molar-refractivity contribution in [2.45, 2.75) is 38.6 Å². The van der Waals surface area contributed by atoms with Crippen LogP contribution < -0.4 is 5.32 Å². The van der Waals surface area contributed by atoms with Crippen molar-refractivity contribution >= 4 is 12.2 Å². The van der Waals surface area contributed by atoms with Crippen LogP contribution >= 0.6 is 0 Å². The predicted octanol–water partition coefficient (Wildman–Crippen LogP) is 1.93. The third kappa shape index (κ3) is 2.66. The third-order valence-electron chi connectivity index (χ3n) is 3.09. The first kappa shape index (κ1) is 12.1. The molecule has 2 heterocycles. The standard InChI is InChI=1S/C12H19N3O2/c1-9(2)15-12(13-8-16)7-11(14-15)10-3-5-17-6-4-10/h7-10H,3-6H2,1-2H3,(H,13,16). The number of hydrogen-bond donors (Lipinski definition) is 1. The number of anilines is 1. The van der Waals surface area contributed by atoms with Crippen LogP contribution in [-0.2, 0) is 9.53 Å². The number of carbonyl (C=O) groups is 1. The molecule has 0 bridgehead atoms. The molecule has 2 rings (SSSR count). The van der Waals surface area contributed by atoms with Gasteiger partial charge in [-0.25, -0.2) is 4.68 Å². The molecular weight excluding hydrogens is 218 g/mol. The van der Waals surface area contributed by atoms with Crippen molar-refractivity contribution in [3.63, 3.8) is 0 Å². The summed E-state index contributed by atoms with van der Waals surface area (Å²) in [5.74, 6) is 1.23. The van der Waals surface area contributed by atoms with Crippen LogP contribution in [0.2, 0.25) is 0 Å². The molecule has 0 unspecified atom stereocenters. The SMILES string of the molecule is CC(C)n1nc(C2CCOCC2)cc1NC=O. The zero-order valence-electron chi connectivity index (χ0n) is 10.3. The number of nitrogens with zero attached hydrogens (tertiary/aromatic N) is 2. The lowest BCUT2D eigenvalue weighted by molar-refractivity contribution is -0.105. The Hall–Kier alpha value is -1.36. The van der Waals surface area contributed by atoms with Gasteiger partial charge in [-0.15, -0.1) is 0 Å². The Morgan fingerprint density at radius 3 is 2.82 bits per heavy atom. The molecule has 0 aromatic carbocycles. The smallest absolute Gasteiger partial charge is 0.212 e. The molecule has 94 valence electrons. The van der Waals surface area contributed by atoms with Crippen molar-refractivity contribution in [2.75, 3.05) is 18.5 Å². The van der Waals surface area contributed by atoms with E-state index < -0.39 is 0 Å². The molecule has 0 radical (unpaired) electrons. The maximum atomic E-state index is 10.6. The molecule has 1 aromatic heterocycles. The normalized spacial score (nSPS) is 17.4. The average Bonchev–Trinajstić information content (AvgIpc) is 2.75. The molecule has 1 amide bonds. The highest BCUT2D eigenvalue weighted by molar-refractivity contribution is 5.69. The van der Waals surface area contributed by atoms with Crippen LogP contribution in [-0.4, -0.2) is 29.4 Å². The number of hydrogen-bond acceptors (Lipinski definition) is 3. The van der Waals surface area contributed by atoms with Crippen LogP contribution in [0.4, 0.5) is 5.82 Å². The van der Waals surface area contributed by atoms with Gasteiger partial charge >= 0.3 is 0 Å². The fourth-order valence-electron chi connectivity index (χ4n) is 2.17. The van der Waals surface area contributed by atoms with Gasteiger partial charge in [0.05, 0.1) is 5.69 Å². The van der Waals surface area contributed by atoms with E-state index in [2.05, 4.69) is 24.3 Å². The van der Waals surface area contributed by atoms with E-state index in [0.717, 1.165) is 37.6 Å². The zero-order chi connectivity index (χ0) is 12.3. The summed E-state index contributed by atoms with van der Waals surface area (Å²) in [5.41, 5.74) is 1.06. The van der Waals surface area contributed by atoms with Gasteiger partial charge in [0.25, 0.3) is 0 Å². The lowest BCUT2D eigenvalue weighted by atomic mass is 9.97. The highest BCUT2D eigenvalue weighted by Gasteiger charge is 2.20. The second-order valence-electron chi connectivity index (χ2n) is 4.64. The Morgan fingerprint density at radius 1 is 1.53 bits per heavy atom. The fraction of sp³-hybridized carbons (Fsp3) is 0.667. The predicted molar refractivity (Wildman–Crippen MR) is 65.1 cm³/mol. The molecule has 5 heteroatoms. The molecule has 0 spiro atoms. The first-order valence-corrected chi connectivity index (χ1v) is 6.09. The first-order chi connectivity index (χ1) is 8.22. The molecule has 1 N–H and O–H groups in total. The minimum Gasteiger partial charge on any atom is -0.381 e. The van der Waals surface area contributed by atoms with E-state index in [1.807, 2.05) is 10.7 Å². The van der Waals surface area contributed by atoms with E-state index in [-0.39, 0.29) is 6.04 Å². The van der Waals surface area contributed by atoms with Gasteiger partial charge in [0.1, 0.15) is 5.82 Å². The fourth-order valence-corrected chi connectivity index (χ4v) is 2.17.